The summed E-state index contributed by atoms with van der Waals surface area (Å²) in [5.41, 5.74) is 0. The summed E-state index contributed by atoms with van der Waals surface area (Å²) in [4.78, 5) is 12.0. The SMILES string of the molecule is CCCCCCCCCCCCCCCCCC(=O)NCC[N+](C)(CCO)CCO. The van der Waals surface area contributed by atoms with E-state index in [1.165, 1.54) is 83.5 Å². The number of quaternary nitrogens is 1. The Hall–Kier alpha value is -0.650. The van der Waals surface area contributed by atoms with E-state index >= 15 is 0 Å². The molecular formula is C25H53N2O3+. The first-order valence-corrected chi connectivity index (χ1v) is 12.9. The number of aliphatic hydroxyl groups excluding tert-OH is 2. The third-order valence-corrected chi connectivity index (χ3v) is 6.26. The molecule has 0 aliphatic heterocycles. The van der Waals surface area contributed by atoms with Gasteiger partial charge in [0.1, 0.15) is 13.1 Å². The van der Waals surface area contributed by atoms with Crippen LogP contribution in [0.5, 0.6) is 0 Å². The fourth-order valence-electron chi connectivity index (χ4n) is 4.03. The zero-order valence-electron chi connectivity index (χ0n) is 20.3. The van der Waals surface area contributed by atoms with Crippen molar-refractivity contribution in [1.82, 2.24) is 5.32 Å². The van der Waals surface area contributed by atoms with Gasteiger partial charge in [-0.1, -0.05) is 96.8 Å². The second kappa shape index (κ2) is 21.6. The maximum Gasteiger partial charge on any atom is 0.220 e. The van der Waals surface area contributed by atoms with Crippen LogP contribution in [0.3, 0.4) is 0 Å². The minimum atomic E-state index is 0.101. The van der Waals surface area contributed by atoms with Crippen LogP contribution in [0, 0.1) is 0 Å². The van der Waals surface area contributed by atoms with Crippen molar-refractivity contribution in [3.63, 3.8) is 0 Å². The number of carbonyl (C=O) groups is 1. The van der Waals surface area contributed by atoms with Crippen molar-refractivity contribution in [2.24, 2.45) is 0 Å². The fraction of sp³-hybridized carbons (Fsp3) is 0.960. The molecule has 0 aliphatic carbocycles. The van der Waals surface area contributed by atoms with Gasteiger partial charge in [0.2, 0.25) is 5.91 Å². The zero-order chi connectivity index (χ0) is 22.3. The molecule has 0 atom stereocenters. The molecule has 1 amide bonds. The number of amides is 1. The minimum Gasteiger partial charge on any atom is -0.391 e. The van der Waals surface area contributed by atoms with E-state index in [-0.39, 0.29) is 19.1 Å². The molecule has 5 heteroatoms. The first-order valence-electron chi connectivity index (χ1n) is 12.9. The van der Waals surface area contributed by atoms with Crippen LogP contribution in [0.15, 0.2) is 0 Å². The lowest BCUT2D eigenvalue weighted by Gasteiger charge is -2.33. The number of nitrogens with one attached hydrogen (secondary N) is 1. The molecule has 0 rings (SSSR count). The molecule has 0 heterocycles. The van der Waals surface area contributed by atoms with Gasteiger partial charge in [0.05, 0.1) is 33.4 Å². The highest BCUT2D eigenvalue weighted by atomic mass is 16.3. The van der Waals surface area contributed by atoms with Gasteiger partial charge >= 0.3 is 0 Å². The average Bonchev–Trinajstić information content (AvgIpc) is 2.71. The number of hydrogen-bond acceptors (Lipinski definition) is 3. The molecule has 30 heavy (non-hydrogen) atoms. The molecule has 0 fully saturated rings. The van der Waals surface area contributed by atoms with Crippen LogP contribution < -0.4 is 5.32 Å². The molecular weight excluding hydrogens is 376 g/mol. The van der Waals surface area contributed by atoms with Gasteiger partial charge < -0.3 is 20.0 Å². The smallest absolute Gasteiger partial charge is 0.220 e. The number of likely N-dealkylation sites (N-methyl/N-ethyl adjacent to an activating group) is 1. The molecule has 0 aromatic heterocycles. The van der Waals surface area contributed by atoms with Crippen molar-refractivity contribution >= 4 is 5.91 Å². The van der Waals surface area contributed by atoms with Crippen LogP contribution >= 0.6 is 0 Å². The Morgan fingerprint density at radius 3 is 1.47 bits per heavy atom. The normalized spacial score (nSPS) is 11.7. The Morgan fingerprint density at radius 1 is 0.667 bits per heavy atom. The topological polar surface area (TPSA) is 69.6 Å². The van der Waals surface area contributed by atoms with E-state index in [9.17, 15) is 4.79 Å². The van der Waals surface area contributed by atoms with Crippen LogP contribution in [0.4, 0.5) is 0 Å². The zero-order valence-corrected chi connectivity index (χ0v) is 20.3. The Balaban J connectivity index is 3.39. The second-order valence-electron chi connectivity index (χ2n) is 9.29. The largest absolute Gasteiger partial charge is 0.391 e. The number of aliphatic hydroxyl groups is 2. The van der Waals surface area contributed by atoms with Gasteiger partial charge in [0.25, 0.3) is 0 Å². The highest BCUT2D eigenvalue weighted by Gasteiger charge is 2.19. The summed E-state index contributed by atoms with van der Waals surface area (Å²) in [6, 6.07) is 0. The molecule has 0 saturated carbocycles. The minimum absolute atomic E-state index is 0.101. The van der Waals surface area contributed by atoms with E-state index in [1.54, 1.807) is 0 Å². The highest BCUT2D eigenvalue weighted by Crippen LogP contribution is 2.13. The molecule has 3 N–H and O–H groups in total. The molecule has 0 aliphatic rings. The van der Waals surface area contributed by atoms with E-state index in [0.29, 0.717) is 30.5 Å². The van der Waals surface area contributed by atoms with Gasteiger partial charge in [-0.15, -0.1) is 0 Å². The number of carbonyl (C=O) groups excluding carboxylic acids is 1. The predicted molar refractivity (Wildman–Crippen MR) is 128 cm³/mol. The molecule has 5 nitrogen and oxygen atoms in total. The second-order valence-corrected chi connectivity index (χ2v) is 9.29. The number of rotatable bonds is 23. The molecule has 180 valence electrons. The van der Waals surface area contributed by atoms with E-state index in [4.69, 9.17) is 10.2 Å². The standard InChI is InChI=1S/C25H52N2O3/c1-3-4-5-6-7-8-9-10-11-12-13-14-15-16-17-18-25(30)26-19-20-27(2,21-23-28)22-24-29/h28-29H,3-24H2,1-2H3/p+1. The summed E-state index contributed by atoms with van der Waals surface area (Å²) < 4.78 is 0.590. The fourth-order valence-corrected chi connectivity index (χ4v) is 4.03. The number of hydrogen-bond donors (Lipinski definition) is 3. The highest BCUT2D eigenvalue weighted by molar-refractivity contribution is 5.75. The monoisotopic (exact) mass is 429 g/mol. The van der Waals surface area contributed by atoms with Crippen molar-refractivity contribution in [1.29, 1.82) is 0 Å². The van der Waals surface area contributed by atoms with Gasteiger partial charge in [0, 0.05) is 6.42 Å². The maximum atomic E-state index is 12.0. The lowest BCUT2D eigenvalue weighted by atomic mass is 10.0. The van der Waals surface area contributed by atoms with Crippen LogP contribution in [-0.4, -0.2) is 67.0 Å². The predicted octanol–water partition coefficient (Wildman–Crippen LogP) is 4.80. The Bertz CT molecular complexity index is 371. The Kier molecular flexibility index (Phi) is 21.1. The molecule has 0 aromatic carbocycles. The first-order chi connectivity index (χ1) is 14.6. The van der Waals surface area contributed by atoms with Crippen molar-refractivity contribution < 1.29 is 19.5 Å². The number of unbranched alkanes of at least 4 members (excludes halogenated alkanes) is 14. The van der Waals surface area contributed by atoms with Crippen LogP contribution in [-0.2, 0) is 4.79 Å². The summed E-state index contributed by atoms with van der Waals surface area (Å²) in [6.45, 7) is 5.04. The van der Waals surface area contributed by atoms with E-state index in [0.717, 1.165) is 19.4 Å². The Morgan fingerprint density at radius 2 is 1.07 bits per heavy atom. The third-order valence-electron chi connectivity index (χ3n) is 6.26. The van der Waals surface area contributed by atoms with Crippen molar-refractivity contribution in [2.75, 3.05) is 46.4 Å². The van der Waals surface area contributed by atoms with Crippen LogP contribution in [0.1, 0.15) is 110 Å². The van der Waals surface area contributed by atoms with Crippen LogP contribution in [0.2, 0.25) is 0 Å². The van der Waals surface area contributed by atoms with Gasteiger partial charge in [-0.25, -0.2) is 0 Å². The molecule has 0 radical (unpaired) electrons. The van der Waals surface area contributed by atoms with Gasteiger partial charge in [0.15, 0.2) is 0 Å². The molecule has 0 bridgehead atoms. The quantitative estimate of drug-likeness (QED) is 0.161. The van der Waals surface area contributed by atoms with Crippen molar-refractivity contribution in [2.45, 2.75) is 110 Å². The summed E-state index contributed by atoms with van der Waals surface area (Å²) >= 11 is 0. The van der Waals surface area contributed by atoms with Gasteiger partial charge in [-0.2, -0.15) is 0 Å². The number of nitrogens with zero attached hydrogens (tertiary/aromatic N) is 1. The molecule has 0 unspecified atom stereocenters. The molecule has 0 saturated heterocycles. The first kappa shape index (κ1) is 29.4. The van der Waals surface area contributed by atoms with Gasteiger partial charge in [-0.3, -0.25) is 4.79 Å². The summed E-state index contributed by atoms with van der Waals surface area (Å²) in [5.74, 6) is 0.129. The Labute approximate surface area is 187 Å². The summed E-state index contributed by atoms with van der Waals surface area (Å²) in [6.07, 6.45) is 20.6. The van der Waals surface area contributed by atoms with E-state index in [2.05, 4.69) is 12.2 Å². The van der Waals surface area contributed by atoms with Crippen molar-refractivity contribution in [3.8, 4) is 0 Å². The van der Waals surface area contributed by atoms with Gasteiger partial charge in [-0.05, 0) is 6.42 Å². The van der Waals surface area contributed by atoms with Crippen molar-refractivity contribution in [3.05, 3.63) is 0 Å². The van der Waals surface area contributed by atoms with Crippen LogP contribution in [0.25, 0.3) is 0 Å². The lowest BCUT2D eigenvalue weighted by Crippen LogP contribution is -2.51. The molecule has 0 aromatic rings. The lowest BCUT2D eigenvalue weighted by molar-refractivity contribution is -0.908. The summed E-state index contributed by atoms with van der Waals surface area (Å²) in [5, 5.41) is 21.3. The maximum absolute atomic E-state index is 12.0. The van der Waals surface area contributed by atoms with E-state index < -0.39 is 0 Å². The van der Waals surface area contributed by atoms with E-state index in [1.807, 2.05) is 7.05 Å². The molecule has 0 spiro atoms. The average molecular weight is 430 g/mol. The third kappa shape index (κ3) is 19.3. The summed E-state index contributed by atoms with van der Waals surface area (Å²) in [7, 11) is 2.01.